The number of nitrogens with two attached hydrogens (primary N) is 2. The summed E-state index contributed by atoms with van der Waals surface area (Å²) in [5.41, 5.74) is 7.52. The minimum Gasteiger partial charge on any atom is -0.396 e. The van der Waals surface area contributed by atoms with Crippen LogP contribution in [0.5, 0.6) is 0 Å². The van der Waals surface area contributed by atoms with Crippen molar-refractivity contribution in [3.63, 3.8) is 0 Å². The molecule has 1 aromatic heterocycles. The van der Waals surface area contributed by atoms with E-state index < -0.39 is 10.0 Å². The van der Waals surface area contributed by atoms with E-state index in [1.165, 1.54) is 6.07 Å². The third kappa shape index (κ3) is 3.47. The molecular formula is C12H16N4O2S2. The van der Waals surface area contributed by atoms with Crippen molar-refractivity contribution in [2.45, 2.75) is 18.2 Å². The molecule has 1 heterocycles. The van der Waals surface area contributed by atoms with Crippen molar-refractivity contribution in [3.8, 4) is 0 Å². The Hall–Kier alpha value is -1.64. The lowest BCUT2D eigenvalue weighted by molar-refractivity contribution is 0.598. The highest BCUT2D eigenvalue weighted by Gasteiger charge is 2.14. The lowest BCUT2D eigenvalue weighted by atomic mass is 10.2. The van der Waals surface area contributed by atoms with Crippen LogP contribution in [0.3, 0.4) is 0 Å². The van der Waals surface area contributed by atoms with E-state index in [0.29, 0.717) is 12.2 Å². The molecule has 8 heteroatoms. The Bertz CT molecular complexity index is 710. The lowest BCUT2D eigenvalue weighted by Gasteiger charge is -2.11. The van der Waals surface area contributed by atoms with Crippen molar-refractivity contribution in [3.05, 3.63) is 34.3 Å². The number of primary sulfonamides is 1. The van der Waals surface area contributed by atoms with Crippen LogP contribution in [0, 0.1) is 6.92 Å². The van der Waals surface area contributed by atoms with E-state index in [1.54, 1.807) is 23.5 Å². The second kappa shape index (κ2) is 5.78. The molecule has 0 aliphatic rings. The van der Waals surface area contributed by atoms with E-state index in [1.807, 2.05) is 12.3 Å². The molecule has 1 aromatic carbocycles. The molecule has 0 bridgehead atoms. The maximum atomic E-state index is 11.4. The monoisotopic (exact) mass is 312 g/mol. The Kier molecular flexibility index (Phi) is 4.26. The zero-order chi connectivity index (χ0) is 14.8. The minimum atomic E-state index is -3.81. The molecule has 0 atom stereocenters. The fraction of sp³-hybridized carbons (Fsp3) is 0.250. The number of aryl methyl sites for hydroxylation is 1. The van der Waals surface area contributed by atoms with Gasteiger partial charge in [0.2, 0.25) is 10.0 Å². The third-order valence-electron chi connectivity index (χ3n) is 2.69. The predicted molar refractivity (Wildman–Crippen MR) is 81.3 cm³/mol. The number of hydrogen-bond donors (Lipinski definition) is 3. The molecule has 108 valence electrons. The van der Waals surface area contributed by atoms with Crippen LogP contribution in [0.1, 0.15) is 10.7 Å². The van der Waals surface area contributed by atoms with E-state index in [2.05, 4.69) is 10.3 Å². The number of thiazole rings is 1. The molecule has 6 nitrogen and oxygen atoms in total. The summed E-state index contributed by atoms with van der Waals surface area (Å²) in [5, 5.41) is 11.2. The first-order valence-corrected chi connectivity index (χ1v) is 8.36. The Morgan fingerprint density at radius 2 is 2.15 bits per heavy atom. The van der Waals surface area contributed by atoms with Gasteiger partial charge in [0.05, 0.1) is 16.4 Å². The molecule has 0 unspecified atom stereocenters. The normalized spacial score (nSPS) is 11.5. The van der Waals surface area contributed by atoms with Gasteiger partial charge in [-0.15, -0.1) is 11.3 Å². The van der Waals surface area contributed by atoms with E-state index >= 15 is 0 Å². The van der Waals surface area contributed by atoms with Gasteiger partial charge >= 0.3 is 0 Å². The van der Waals surface area contributed by atoms with E-state index in [4.69, 9.17) is 10.9 Å². The number of hydrogen-bond acceptors (Lipinski definition) is 6. The van der Waals surface area contributed by atoms with Gasteiger partial charge in [-0.25, -0.2) is 18.5 Å². The fourth-order valence-corrected chi connectivity index (χ4v) is 3.23. The highest BCUT2D eigenvalue weighted by molar-refractivity contribution is 7.89. The van der Waals surface area contributed by atoms with Crippen molar-refractivity contribution < 1.29 is 8.42 Å². The standard InChI is InChI=1S/C12H16N4O2S2/c1-8-7-19-11(16-8)5-6-15-9-3-2-4-10(12(9)13)20(14,17)18/h2-4,7,15H,5-6,13H2,1H3,(H2,14,17,18). The van der Waals surface area contributed by atoms with E-state index in [9.17, 15) is 8.42 Å². The number of para-hydroxylation sites is 1. The van der Waals surface area contributed by atoms with Gasteiger partial charge in [0.1, 0.15) is 4.90 Å². The Balaban J connectivity index is 2.07. The summed E-state index contributed by atoms with van der Waals surface area (Å²) >= 11 is 1.60. The summed E-state index contributed by atoms with van der Waals surface area (Å²) < 4.78 is 22.7. The van der Waals surface area contributed by atoms with Crippen LogP contribution in [0.4, 0.5) is 11.4 Å². The molecule has 0 saturated carbocycles. The van der Waals surface area contributed by atoms with Crippen molar-refractivity contribution >= 4 is 32.7 Å². The summed E-state index contributed by atoms with van der Waals surface area (Å²) in [6.45, 7) is 2.56. The molecule has 20 heavy (non-hydrogen) atoms. The minimum absolute atomic E-state index is 0.0624. The van der Waals surface area contributed by atoms with Gasteiger partial charge in [0.25, 0.3) is 0 Å². The number of anilines is 2. The van der Waals surface area contributed by atoms with Gasteiger partial charge in [-0.3, -0.25) is 0 Å². The molecule has 0 fully saturated rings. The molecule has 2 aromatic rings. The quantitative estimate of drug-likeness (QED) is 0.721. The summed E-state index contributed by atoms with van der Waals surface area (Å²) in [7, 11) is -3.81. The second-order valence-corrected chi connectivity index (χ2v) is 6.79. The van der Waals surface area contributed by atoms with Crippen LogP contribution in [-0.4, -0.2) is 19.9 Å². The summed E-state index contributed by atoms with van der Waals surface area (Å²) in [5.74, 6) is 0. The highest BCUT2D eigenvalue weighted by Crippen LogP contribution is 2.25. The Labute approximate surface area is 121 Å². The van der Waals surface area contributed by atoms with E-state index in [-0.39, 0.29) is 10.6 Å². The molecule has 0 saturated heterocycles. The first-order valence-electron chi connectivity index (χ1n) is 5.94. The third-order valence-corrected chi connectivity index (χ3v) is 4.69. The maximum Gasteiger partial charge on any atom is 0.240 e. The fourth-order valence-electron chi connectivity index (χ4n) is 1.77. The summed E-state index contributed by atoms with van der Waals surface area (Å²) in [6.07, 6.45) is 0.748. The number of nitrogens with one attached hydrogen (secondary N) is 1. The van der Waals surface area contributed by atoms with Crippen LogP contribution in [0.15, 0.2) is 28.5 Å². The number of nitrogen functional groups attached to an aromatic ring is 1. The smallest absolute Gasteiger partial charge is 0.240 e. The van der Waals surface area contributed by atoms with Crippen molar-refractivity contribution in [1.82, 2.24) is 4.98 Å². The lowest BCUT2D eigenvalue weighted by Crippen LogP contribution is -2.16. The summed E-state index contributed by atoms with van der Waals surface area (Å²) in [4.78, 5) is 4.29. The first kappa shape index (κ1) is 14.8. The van der Waals surface area contributed by atoms with Crippen LogP contribution in [0.25, 0.3) is 0 Å². The average molecular weight is 312 g/mol. The Morgan fingerprint density at radius 3 is 2.75 bits per heavy atom. The van der Waals surface area contributed by atoms with Crippen LogP contribution in [-0.2, 0) is 16.4 Å². The maximum absolute atomic E-state index is 11.4. The van der Waals surface area contributed by atoms with Crippen molar-refractivity contribution in [1.29, 1.82) is 0 Å². The molecule has 0 amide bonds. The zero-order valence-electron chi connectivity index (χ0n) is 11.0. The topological polar surface area (TPSA) is 111 Å². The zero-order valence-corrected chi connectivity index (χ0v) is 12.6. The molecule has 0 radical (unpaired) electrons. The van der Waals surface area contributed by atoms with Gasteiger partial charge < -0.3 is 11.1 Å². The molecule has 5 N–H and O–H groups in total. The predicted octanol–water partition coefficient (Wildman–Crippen LogP) is 1.34. The first-order chi connectivity index (χ1) is 9.38. The number of rotatable bonds is 5. The molecule has 0 spiro atoms. The number of nitrogens with zero attached hydrogens (tertiary/aromatic N) is 1. The van der Waals surface area contributed by atoms with Crippen molar-refractivity contribution in [2.24, 2.45) is 5.14 Å². The van der Waals surface area contributed by atoms with Crippen molar-refractivity contribution in [2.75, 3.05) is 17.6 Å². The molecule has 0 aliphatic heterocycles. The van der Waals surface area contributed by atoms with E-state index in [0.717, 1.165) is 17.1 Å². The van der Waals surface area contributed by atoms with Gasteiger partial charge in [0, 0.05) is 24.0 Å². The van der Waals surface area contributed by atoms with Crippen LogP contribution < -0.4 is 16.2 Å². The molecule has 2 rings (SSSR count). The average Bonchev–Trinajstić information content (AvgIpc) is 2.76. The summed E-state index contributed by atoms with van der Waals surface area (Å²) in [6, 6.07) is 4.71. The largest absolute Gasteiger partial charge is 0.396 e. The van der Waals surface area contributed by atoms with Gasteiger partial charge in [0.15, 0.2) is 0 Å². The van der Waals surface area contributed by atoms with Gasteiger partial charge in [-0.05, 0) is 19.1 Å². The number of aromatic nitrogens is 1. The van der Waals surface area contributed by atoms with Crippen LogP contribution in [0.2, 0.25) is 0 Å². The number of sulfonamides is 1. The Morgan fingerprint density at radius 1 is 1.40 bits per heavy atom. The van der Waals surface area contributed by atoms with Gasteiger partial charge in [-0.2, -0.15) is 0 Å². The highest BCUT2D eigenvalue weighted by atomic mass is 32.2. The molecule has 0 aliphatic carbocycles. The van der Waals surface area contributed by atoms with Gasteiger partial charge in [-0.1, -0.05) is 6.07 Å². The van der Waals surface area contributed by atoms with Crippen LogP contribution >= 0.6 is 11.3 Å². The SMILES string of the molecule is Cc1csc(CCNc2cccc(S(N)(=O)=O)c2N)n1. The number of benzene rings is 1. The molecular weight excluding hydrogens is 296 g/mol. The second-order valence-electron chi connectivity index (χ2n) is 4.32.